The lowest BCUT2D eigenvalue weighted by Gasteiger charge is -2.16. The SMILES string of the molecule is C/C=C1\CCCC\C1=C/C. The van der Waals surface area contributed by atoms with Crippen molar-refractivity contribution in [1.82, 2.24) is 0 Å². The average molecular weight is 136 g/mol. The van der Waals surface area contributed by atoms with Crippen molar-refractivity contribution in [3.05, 3.63) is 23.3 Å². The van der Waals surface area contributed by atoms with Gasteiger partial charge in [0, 0.05) is 0 Å². The van der Waals surface area contributed by atoms with Crippen molar-refractivity contribution in [1.29, 1.82) is 0 Å². The summed E-state index contributed by atoms with van der Waals surface area (Å²) in [5.74, 6) is 0. The molecule has 0 aromatic heterocycles. The van der Waals surface area contributed by atoms with E-state index in [0.717, 1.165) is 0 Å². The number of hydrogen-bond acceptors (Lipinski definition) is 0. The third kappa shape index (κ3) is 1.50. The van der Waals surface area contributed by atoms with Crippen LogP contribution in [0.2, 0.25) is 0 Å². The Kier molecular flexibility index (Phi) is 2.73. The largest absolute Gasteiger partial charge is 0.0842 e. The molecule has 0 unspecified atom stereocenters. The van der Waals surface area contributed by atoms with Crippen LogP contribution in [0.4, 0.5) is 0 Å². The van der Waals surface area contributed by atoms with Crippen LogP contribution in [0.5, 0.6) is 0 Å². The number of rotatable bonds is 0. The van der Waals surface area contributed by atoms with Crippen LogP contribution in [-0.2, 0) is 0 Å². The molecule has 1 saturated carbocycles. The van der Waals surface area contributed by atoms with E-state index >= 15 is 0 Å². The molecule has 0 N–H and O–H groups in total. The van der Waals surface area contributed by atoms with Crippen molar-refractivity contribution >= 4 is 0 Å². The predicted octanol–water partition coefficient (Wildman–Crippen LogP) is 3.45. The van der Waals surface area contributed by atoms with E-state index in [1.807, 2.05) is 0 Å². The topological polar surface area (TPSA) is 0 Å². The third-order valence-corrected chi connectivity index (χ3v) is 2.25. The van der Waals surface area contributed by atoms with E-state index < -0.39 is 0 Å². The van der Waals surface area contributed by atoms with E-state index in [1.165, 1.54) is 25.7 Å². The highest BCUT2D eigenvalue weighted by Crippen LogP contribution is 2.27. The first kappa shape index (κ1) is 7.59. The minimum Gasteiger partial charge on any atom is -0.0842 e. The molecule has 0 nitrogen and oxygen atoms in total. The monoisotopic (exact) mass is 136 g/mol. The summed E-state index contributed by atoms with van der Waals surface area (Å²) in [6.07, 6.45) is 9.89. The van der Waals surface area contributed by atoms with Gasteiger partial charge in [0.05, 0.1) is 0 Å². The molecule has 0 heterocycles. The lowest BCUT2D eigenvalue weighted by atomic mass is 9.89. The van der Waals surface area contributed by atoms with Crippen LogP contribution < -0.4 is 0 Å². The molecule has 0 atom stereocenters. The third-order valence-electron chi connectivity index (χ3n) is 2.25. The molecule has 1 fully saturated rings. The minimum atomic E-state index is 1.30. The first-order chi connectivity index (χ1) is 4.88. The van der Waals surface area contributed by atoms with E-state index in [0.29, 0.717) is 0 Å². The predicted molar refractivity (Wildman–Crippen MR) is 46.0 cm³/mol. The summed E-state index contributed by atoms with van der Waals surface area (Å²) in [7, 11) is 0. The van der Waals surface area contributed by atoms with Gasteiger partial charge in [0.2, 0.25) is 0 Å². The molecule has 0 aromatic carbocycles. The van der Waals surface area contributed by atoms with Crippen molar-refractivity contribution in [2.75, 3.05) is 0 Å². The fourth-order valence-electron chi connectivity index (χ4n) is 1.61. The molecule has 56 valence electrons. The summed E-state index contributed by atoms with van der Waals surface area (Å²) in [6, 6.07) is 0. The second-order valence-corrected chi connectivity index (χ2v) is 2.83. The van der Waals surface area contributed by atoms with Gasteiger partial charge in [-0.1, -0.05) is 12.2 Å². The van der Waals surface area contributed by atoms with Crippen LogP contribution in [0.15, 0.2) is 23.3 Å². The maximum Gasteiger partial charge on any atom is -0.0279 e. The first-order valence-electron chi connectivity index (χ1n) is 4.19. The van der Waals surface area contributed by atoms with E-state index in [1.54, 1.807) is 11.1 Å². The van der Waals surface area contributed by atoms with Gasteiger partial charge >= 0.3 is 0 Å². The van der Waals surface area contributed by atoms with Crippen molar-refractivity contribution in [3.8, 4) is 0 Å². The van der Waals surface area contributed by atoms with E-state index in [4.69, 9.17) is 0 Å². The summed E-state index contributed by atoms with van der Waals surface area (Å²) in [4.78, 5) is 0. The molecule has 0 amide bonds. The molecule has 10 heavy (non-hydrogen) atoms. The van der Waals surface area contributed by atoms with E-state index in [2.05, 4.69) is 26.0 Å². The van der Waals surface area contributed by atoms with Gasteiger partial charge in [-0.25, -0.2) is 0 Å². The van der Waals surface area contributed by atoms with Gasteiger partial charge in [-0.3, -0.25) is 0 Å². The second kappa shape index (κ2) is 3.60. The Labute approximate surface area is 63.6 Å². The molecule has 1 aliphatic carbocycles. The molecule has 0 heteroatoms. The van der Waals surface area contributed by atoms with Gasteiger partial charge in [-0.05, 0) is 50.7 Å². The molecular formula is C10H16. The van der Waals surface area contributed by atoms with Crippen LogP contribution in [-0.4, -0.2) is 0 Å². The molecule has 0 bridgehead atoms. The van der Waals surface area contributed by atoms with Gasteiger partial charge in [0.1, 0.15) is 0 Å². The quantitative estimate of drug-likeness (QED) is 0.478. The van der Waals surface area contributed by atoms with Gasteiger partial charge in [-0.2, -0.15) is 0 Å². The number of allylic oxidation sites excluding steroid dienone is 4. The molecule has 0 aliphatic heterocycles. The number of hydrogen-bond donors (Lipinski definition) is 0. The highest BCUT2D eigenvalue weighted by atomic mass is 14.1. The Morgan fingerprint density at radius 1 is 0.900 bits per heavy atom. The normalized spacial score (nSPS) is 27.8. The van der Waals surface area contributed by atoms with Gasteiger partial charge in [-0.15, -0.1) is 0 Å². The lowest BCUT2D eigenvalue weighted by Crippen LogP contribution is -1.97. The van der Waals surface area contributed by atoms with E-state index in [9.17, 15) is 0 Å². The Balaban J connectivity index is 2.69. The second-order valence-electron chi connectivity index (χ2n) is 2.83. The van der Waals surface area contributed by atoms with E-state index in [-0.39, 0.29) is 0 Å². The van der Waals surface area contributed by atoms with Crippen LogP contribution in [0.3, 0.4) is 0 Å². The van der Waals surface area contributed by atoms with Crippen molar-refractivity contribution in [2.24, 2.45) is 0 Å². The smallest absolute Gasteiger partial charge is 0.0279 e. The van der Waals surface area contributed by atoms with Gasteiger partial charge in [0.15, 0.2) is 0 Å². The van der Waals surface area contributed by atoms with Crippen molar-refractivity contribution in [2.45, 2.75) is 39.5 Å². The molecule has 0 saturated heterocycles. The van der Waals surface area contributed by atoms with Crippen LogP contribution in [0, 0.1) is 0 Å². The summed E-state index contributed by atoms with van der Waals surface area (Å²) < 4.78 is 0. The highest BCUT2D eigenvalue weighted by molar-refractivity contribution is 5.31. The summed E-state index contributed by atoms with van der Waals surface area (Å²) in [5, 5.41) is 0. The minimum absolute atomic E-state index is 1.30. The Hall–Kier alpha value is -0.520. The van der Waals surface area contributed by atoms with Gasteiger partial charge < -0.3 is 0 Å². The molecular weight excluding hydrogens is 120 g/mol. The first-order valence-corrected chi connectivity index (χ1v) is 4.19. The summed E-state index contributed by atoms with van der Waals surface area (Å²) >= 11 is 0. The average Bonchev–Trinajstić information content (AvgIpc) is 2.04. The maximum atomic E-state index is 2.26. The lowest BCUT2D eigenvalue weighted by molar-refractivity contribution is 0.677. The molecule has 0 spiro atoms. The van der Waals surface area contributed by atoms with Gasteiger partial charge in [0.25, 0.3) is 0 Å². The Morgan fingerprint density at radius 3 is 1.60 bits per heavy atom. The van der Waals surface area contributed by atoms with Crippen molar-refractivity contribution < 1.29 is 0 Å². The zero-order valence-electron chi connectivity index (χ0n) is 6.98. The van der Waals surface area contributed by atoms with Crippen LogP contribution >= 0.6 is 0 Å². The maximum absolute atomic E-state index is 2.26. The zero-order chi connectivity index (χ0) is 7.40. The molecule has 1 aliphatic rings. The Bertz CT molecular complexity index is 141. The zero-order valence-corrected chi connectivity index (χ0v) is 6.98. The fraction of sp³-hybridized carbons (Fsp3) is 0.600. The highest BCUT2D eigenvalue weighted by Gasteiger charge is 2.08. The summed E-state index contributed by atoms with van der Waals surface area (Å²) in [6.45, 7) is 4.29. The standard InChI is InChI=1S/C10H16/c1-3-9-7-5-6-8-10(9)4-2/h3-4H,5-8H2,1-2H3/b9-3+,10-4+. The molecule has 0 aromatic rings. The molecule has 0 radical (unpaired) electrons. The molecule has 1 rings (SSSR count). The Morgan fingerprint density at radius 2 is 1.30 bits per heavy atom. The van der Waals surface area contributed by atoms with Crippen molar-refractivity contribution in [3.63, 3.8) is 0 Å². The fourth-order valence-corrected chi connectivity index (χ4v) is 1.61. The summed E-state index contributed by atoms with van der Waals surface area (Å²) in [5.41, 5.74) is 3.16. The van der Waals surface area contributed by atoms with Crippen LogP contribution in [0.1, 0.15) is 39.5 Å². The van der Waals surface area contributed by atoms with Crippen LogP contribution in [0.25, 0.3) is 0 Å².